The third kappa shape index (κ3) is 2.17. The Morgan fingerprint density at radius 1 is 1.33 bits per heavy atom. The van der Waals surface area contributed by atoms with E-state index < -0.39 is 0 Å². The molecule has 1 aliphatic carbocycles. The summed E-state index contributed by atoms with van der Waals surface area (Å²) in [6.45, 7) is 11.3. The van der Waals surface area contributed by atoms with E-state index >= 15 is 0 Å². The SMILES string of the molecule is CC1(C)CN(C(=O)[C@H]2CC2(C)C)CCN1. The van der Waals surface area contributed by atoms with E-state index in [9.17, 15) is 4.79 Å². The minimum atomic E-state index is 0.0763. The van der Waals surface area contributed by atoms with E-state index in [1.54, 1.807) is 0 Å². The Morgan fingerprint density at radius 2 is 1.93 bits per heavy atom. The first-order valence-electron chi connectivity index (χ1n) is 5.86. The molecule has 0 aromatic carbocycles. The van der Waals surface area contributed by atoms with Crippen molar-refractivity contribution in [2.45, 2.75) is 39.7 Å². The van der Waals surface area contributed by atoms with Crippen molar-refractivity contribution in [3.05, 3.63) is 0 Å². The van der Waals surface area contributed by atoms with E-state index in [1.165, 1.54) is 0 Å². The predicted octanol–water partition coefficient (Wildman–Crippen LogP) is 1.24. The second-order valence-corrected chi connectivity index (χ2v) is 6.32. The lowest BCUT2D eigenvalue weighted by Crippen LogP contribution is -2.58. The van der Waals surface area contributed by atoms with Crippen molar-refractivity contribution in [3.8, 4) is 0 Å². The molecule has 1 saturated carbocycles. The van der Waals surface area contributed by atoms with Crippen LogP contribution >= 0.6 is 0 Å². The molecule has 1 aliphatic heterocycles. The minimum Gasteiger partial charge on any atom is -0.339 e. The molecule has 0 unspecified atom stereocenters. The lowest BCUT2D eigenvalue weighted by molar-refractivity contribution is -0.135. The first-order valence-corrected chi connectivity index (χ1v) is 5.86. The molecule has 0 spiro atoms. The van der Waals surface area contributed by atoms with Gasteiger partial charge in [-0.05, 0) is 25.7 Å². The van der Waals surface area contributed by atoms with Gasteiger partial charge in [0.05, 0.1) is 0 Å². The predicted molar refractivity (Wildman–Crippen MR) is 60.5 cm³/mol. The summed E-state index contributed by atoms with van der Waals surface area (Å²) in [4.78, 5) is 14.2. The molecule has 2 fully saturated rings. The second-order valence-electron chi connectivity index (χ2n) is 6.32. The Morgan fingerprint density at radius 3 is 2.40 bits per heavy atom. The first-order chi connectivity index (χ1) is 6.82. The molecule has 1 amide bonds. The Labute approximate surface area is 92.2 Å². The highest BCUT2D eigenvalue weighted by Gasteiger charge is 2.52. The number of hydrogen-bond donors (Lipinski definition) is 1. The fourth-order valence-corrected chi connectivity index (χ4v) is 2.44. The topological polar surface area (TPSA) is 32.3 Å². The summed E-state index contributed by atoms with van der Waals surface area (Å²) in [7, 11) is 0. The normalized spacial score (nSPS) is 32.5. The van der Waals surface area contributed by atoms with Gasteiger partial charge in [-0.3, -0.25) is 4.79 Å². The molecule has 1 N–H and O–H groups in total. The van der Waals surface area contributed by atoms with Gasteiger partial charge in [0.25, 0.3) is 0 Å². The minimum absolute atomic E-state index is 0.0763. The maximum atomic E-state index is 12.2. The third-order valence-corrected chi connectivity index (χ3v) is 3.69. The number of piperazine rings is 1. The maximum Gasteiger partial charge on any atom is 0.226 e. The van der Waals surface area contributed by atoms with E-state index in [2.05, 4.69) is 33.0 Å². The van der Waals surface area contributed by atoms with E-state index in [1.807, 2.05) is 4.90 Å². The summed E-state index contributed by atoms with van der Waals surface area (Å²) in [5.41, 5.74) is 0.332. The standard InChI is InChI=1S/C12H22N2O/c1-11(2)7-9(11)10(15)14-6-5-13-12(3,4)8-14/h9,13H,5-8H2,1-4H3/t9-/m1/s1. The summed E-state index contributed by atoms with van der Waals surface area (Å²) in [6.07, 6.45) is 1.07. The molecule has 2 rings (SSSR count). The molecule has 3 heteroatoms. The van der Waals surface area contributed by atoms with E-state index in [0.29, 0.717) is 5.91 Å². The van der Waals surface area contributed by atoms with Crippen LogP contribution in [-0.4, -0.2) is 36.0 Å². The third-order valence-electron chi connectivity index (χ3n) is 3.69. The van der Waals surface area contributed by atoms with Gasteiger partial charge in [-0.2, -0.15) is 0 Å². The number of carbonyl (C=O) groups is 1. The zero-order valence-electron chi connectivity index (χ0n) is 10.3. The number of nitrogens with one attached hydrogen (secondary N) is 1. The van der Waals surface area contributed by atoms with Crippen molar-refractivity contribution in [2.24, 2.45) is 11.3 Å². The van der Waals surface area contributed by atoms with Gasteiger partial charge in [-0.25, -0.2) is 0 Å². The van der Waals surface area contributed by atoms with Gasteiger partial charge in [0, 0.05) is 31.1 Å². The maximum absolute atomic E-state index is 12.2. The van der Waals surface area contributed by atoms with Gasteiger partial charge < -0.3 is 10.2 Å². The molecule has 15 heavy (non-hydrogen) atoms. The molecule has 1 saturated heterocycles. The smallest absolute Gasteiger partial charge is 0.226 e. The zero-order valence-corrected chi connectivity index (χ0v) is 10.3. The van der Waals surface area contributed by atoms with Crippen LogP contribution in [0.2, 0.25) is 0 Å². The van der Waals surface area contributed by atoms with Crippen LogP contribution < -0.4 is 5.32 Å². The molecule has 0 bridgehead atoms. The highest BCUT2D eigenvalue weighted by Crippen LogP contribution is 2.52. The van der Waals surface area contributed by atoms with Gasteiger partial charge in [0.1, 0.15) is 0 Å². The number of rotatable bonds is 1. The summed E-state index contributed by atoms with van der Waals surface area (Å²) >= 11 is 0. The highest BCUT2D eigenvalue weighted by molar-refractivity contribution is 5.82. The Kier molecular flexibility index (Phi) is 2.34. The zero-order chi connectivity index (χ0) is 11.3. The number of hydrogen-bond acceptors (Lipinski definition) is 2. The number of carbonyl (C=O) groups excluding carboxylic acids is 1. The fourth-order valence-electron chi connectivity index (χ4n) is 2.44. The Hall–Kier alpha value is -0.570. The second kappa shape index (κ2) is 3.21. The highest BCUT2D eigenvalue weighted by atomic mass is 16.2. The molecule has 3 nitrogen and oxygen atoms in total. The lowest BCUT2D eigenvalue weighted by atomic mass is 10.0. The Bertz CT molecular complexity index is 283. The Balaban J connectivity index is 1.97. The van der Waals surface area contributed by atoms with Gasteiger partial charge in [0.15, 0.2) is 0 Å². The molecule has 0 aromatic heterocycles. The molecule has 0 aromatic rings. The molecular formula is C12H22N2O. The average Bonchev–Trinajstić information content (AvgIpc) is 2.72. The van der Waals surface area contributed by atoms with E-state index in [4.69, 9.17) is 0 Å². The largest absolute Gasteiger partial charge is 0.339 e. The molecule has 2 aliphatic rings. The van der Waals surface area contributed by atoms with Crippen molar-refractivity contribution in [3.63, 3.8) is 0 Å². The van der Waals surface area contributed by atoms with Crippen LogP contribution in [0.1, 0.15) is 34.1 Å². The molecule has 1 heterocycles. The van der Waals surface area contributed by atoms with Crippen molar-refractivity contribution in [1.29, 1.82) is 0 Å². The van der Waals surface area contributed by atoms with Crippen LogP contribution in [0, 0.1) is 11.3 Å². The molecule has 0 radical (unpaired) electrons. The summed E-state index contributed by atoms with van der Waals surface area (Å²) < 4.78 is 0. The van der Waals surface area contributed by atoms with Crippen LogP contribution in [0.15, 0.2) is 0 Å². The monoisotopic (exact) mass is 210 g/mol. The molecular weight excluding hydrogens is 188 g/mol. The van der Waals surface area contributed by atoms with Crippen LogP contribution in [0.25, 0.3) is 0 Å². The van der Waals surface area contributed by atoms with E-state index in [-0.39, 0.29) is 16.9 Å². The van der Waals surface area contributed by atoms with E-state index in [0.717, 1.165) is 26.1 Å². The first kappa shape index (κ1) is 10.9. The fraction of sp³-hybridized carbons (Fsp3) is 0.917. The average molecular weight is 210 g/mol. The van der Waals surface area contributed by atoms with Crippen LogP contribution in [0.5, 0.6) is 0 Å². The van der Waals surface area contributed by atoms with Crippen molar-refractivity contribution in [1.82, 2.24) is 10.2 Å². The van der Waals surface area contributed by atoms with Gasteiger partial charge in [-0.15, -0.1) is 0 Å². The van der Waals surface area contributed by atoms with Gasteiger partial charge in [0.2, 0.25) is 5.91 Å². The molecule has 86 valence electrons. The lowest BCUT2D eigenvalue weighted by Gasteiger charge is -2.39. The number of amides is 1. The van der Waals surface area contributed by atoms with Crippen LogP contribution in [0.3, 0.4) is 0 Å². The van der Waals surface area contributed by atoms with Gasteiger partial charge in [-0.1, -0.05) is 13.8 Å². The van der Waals surface area contributed by atoms with Crippen molar-refractivity contribution < 1.29 is 4.79 Å². The summed E-state index contributed by atoms with van der Waals surface area (Å²) in [5.74, 6) is 0.654. The van der Waals surface area contributed by atoms with Crippen molar-refractivity contribution >= 4 is 5.91 Å². The van der Waals surface area contributed by atoms with Gasteiger partial charge >= 0.3 is 0 Å². The van der Waals surface area contributed by atoms with Crippen molar-refractivity contribution in [2.75, 3.05) is 19.6 Å². The summed E-state index contributed by atoms with van der Waals surface area (Å²) in [6, 6.07) is 0. The number of nitrogens with zero attached hydrogens (tertiary/aromatic N) is 1. The quantitative estimate of drug-likeness (QED) is 0.706. The summed E-state index contributed by atoms with van der Waals surface area (Å²) in [5, 5.41) is 3.43. The van der Waals surface area contributed by atoms with Crippen LogP contribution in [0.4, 0.5) is 0 Å². The van der Waals surface area contributed by atoms with Crippen LogP contribution in [-0.2, 0) is 4.79 Å². The molecule has 1 atom stereocenters.